The zero-order valence-corrected chi connectivity index (χ0v) is 12.0. The topological polar surface area (TPSA) is 49.8 Å². The molecule has 1 aromatic rings. The fourth-order valence-corrected chi connectivity index (χ4v) is 2.64. The molecule has 20 heavy (non-hydrogen) atoms. The van der Waals surface area contributed by atoms with E-state index in [0.717, 1.165) is 31.5 Å². The summed E-state index contributed by atoms with van der Waals surface area (Å²) in [4.78, 5) is 13.9. The molecule has 1 aliphatic heterocycles. The van der Waals surface area contributed by atoms with Crippen molar-refractivity contribution in [1.29, 1.82) is 0 Å². The Morgan fingerprint density at radius 2 is 2.00 bits per heavy atom. The molecule has 1 N–H and O–H groups in total. The number of piperidine rings is 1. The minimum absolute atomic E-state index is 0.0278. The number of aliphatic hydroxyl groups excluding tert-OH is 1. The van der Waals surface area contributed by atoms with E-state index in [4.69, 9.17) is 4.74 Å². The van der Waals surface area contributed by atoms with Crippen molar-refractivity contribution in [1.82, 2.24) is 4.90 Å². The van der Waals surface area contributed by atoms with Crippen LogP contribution in [0.1, 0.15) is 31.4 Å². The standard InChI is InChI=1S/C16H23NO3/c1-2-20-16(19)14-8-10-17(11-9-14)12-15(18)13-6-4-3-5-7-13/h3-7,14-15,18H,2,8-12H2,1H3. The van der Waals surface area contributed by atoms with E-state index in [1.165, 1.54) is 0 Å². The summed E-state index contributed by atoms with van der Waals surface area (Å²) in [5, 5.41) is 10.2. The average molecular weight is 277 g/mol. The van der Waals surface area contributed by atoms with Crippen molar-refractivity contribution in [3.05, 3.63) is 35.9 Å². The molecule has 1 saturated heterocycles. The second-order valence-corrected chi connectivity index (χ2v) is 5.25. The molecule has 4 nitrogen and oxygen atoms in total. The first-order valence-electron chi connectivity index (χ1n) is 7.32. The van der Waals surface area contributed by atoms with Crippen molar-refractivity contribution in [3.63, 3.8) is 0 Å². The number of benzene rings is 1. The van der Waals surface area contributed by atoms with Crippen LogP contribution in [0.3, 0.4) is 0 Å². The minimum atomic E-state index is -0.463. The van der Waals surface area contributed by atoms with Gasteiger partial charge in [0.25, 0.3) is 0 Å². The Labute approximate surface area is 120 Å². The van der Waals surface area contributed by atoms with Gasteiger partial charge in [0, 0.05) is 6.54 Å². The van der Waals surface area contributed by atoms with Crippen LogP contribution in [0.25, 0.3) is 0 Å². The summed E-state index contributed by atoms with van der Waals surface area (Å²) in [6, 6.07) is 9.70. The van der Waals surface area contributed by atoms with Gasteiger partial charge in [-0.1, -0.05) is 30.3 Å². The Hall–Kier alpha value is -1.39. The molecule has 110 valence electrons. The van der Waals surface area contributed by atoms with E-state index in [1.54, 1.807) is 0 Å². The highest BCUT2D eigenvalue weighted by Gasteiger charge is 2.26. The molecule has 0 bridgehead atoms. The molecule has 0 amide bonds. The van der Waals surface area contributed by atoms with Crippen molar-refractivity contribution >= 4 is 5.97 Å². The molecule has 1 fully saturated rings. The largest absolute Gasteiger partial charge is 0.466 e. The Morgan fingerprint density at radius 3 is 2.60 bits per heavy atom. The molecule has 0 aliphatic carbocycles. The normalized spacial score (nSPS) is 18.7. The minimum Gasteiger partial charge on any atom is -0.466 e. The first-order chi connectivity index (χ1) is 9.70. The van der Waals surface area contributed by atoms with E-state index in [0.29, 0.717) is 13.2 Å². The highest BCUT2D eigenvalue weighted by Crippen LogP contribution is 2.21. The fraction of sp³-hybridized carbons (Fsp3) is 0.562. The molecule has 0 spiro atoms. The van der Waals surface area contributed by atoms with Gasteiger partial charge in [-0.15, -0.1) is 0 Å². The zero-order valence-electron chi connectivity index (χ0n) is 12.0. The molecule has 1 aromatic carbocycles. The molecule has 2 rings (SSSR count). The first kappa shape index (κ1) is 15.0. The van der Waals surface area contributed by atoms with Gasteiger partial charge in [-0.05, 0) is 38.4 Å². The maximum atomic E-state index is 11.7. The lowest BCUT2D eigenvalue weighted by atomic mass is 9.96. The third-order valence-corrected chi connectivity index (χ3v) is 3.82. The van der Waals surface area contributed by atoms with Gasteiger partial charge >= 0.3 is 5.97 Å². The number of esters is 1. The Kier molecular flexibility index (Phi) is 5.56. The van der Waals surface area contributed by atoms with Crippen LogP contribution >= 0.6 is 0 Å². The predicted molar refractivity (Wildman–Crippen MR) is 77.2 cm³/mol. The van der Waals surface area contributed by atoms with Crippen LogP contribution in [-0.4, -0.2) is 42.2 Å². The SMILES string of the molecule is CCOC(=O)C1CCN(CC(O)c2ccccc2)CC1. The van der Waals surface area contributed by atoms with Gasteiger partial charge in [0.2, 0.25) is 0 Å². The predicted octanol–water partition coefficient (Wildman–Crippen LogP) is 2.00. The lowest BCUT2D eigenvalue weighted by Gasteiger charge is -2.32. The Morgan fingerprint density at radius 1 is 1.35 bits per heavy atom. The monoisotopic (exact) mass is 277 g/mol. The highest BCUT2D eigenvalue weighted by atomic mass is 16.5. The van der Waals surface area contributed by atoms with E-state index in [-0.39, 0.29) is 11.9 Å². The molecule has 1 atom stereocenters. The van der Waals surface area contributed by atoms with Crippen molar-refractivity contribution in [2.24, 2.45) is 5.92 Å². The molecule has 0 radical (unpaired) electrons. The number of hydrogen-bond acceptors (Lipinski definition) is 4. The van der Waals surface area contributed by atoms with Gasteiger partial charge in [0.15, 0.2) is 0 Å². The van der Waals surface area contributed by atoms with Gasteiger partial charge < -0.3 is 14.7 Å². The van der Waals surface area contributed by atoms with Crippen molar-refractivity contribution in [3.8, 4) is 0 Å². The van der Waals surface area contributed by atoms with E-state index in [9.17, 15) is 9.90 Å². The number of hydrogen-bond donors (Lipinski definition) is 1. The summed E-state index contributed by atoms with van der Waals surface area (Å²) in [5.74, 6) is -0.0455. The molecule has 1 aliphatic rings. The van der Waals surface area contributed by atoms with E-state index >= 15 is 0 Å². The number of carbonyl (C=O) groups is 1. The third kappa shape index (κ3) is 4.05. The van der Waals surface area contributed by atoms with Crippen molar-refractivity contribution in [2.45, 2.75) is 25.9 Å². The van der Waals surface area contributed by atoms with Crippen LogP contribution < -0.4 is 0 Å². The second-order valence-electron chi connectivity index (χ2n) is 5.25. The van der Waals surface area contributed by atoms with Crippen LogP contribution in [0.4, 0.5) is 0 Å². The zero-order chi connectivity index (χ0) is 14.4. The van der Waals surface area contributed by atoms with Crippen LogP contribution in [0.15, 0.2) is 30.3 Å². The summed E-state index contributed by atoms with van der Waals surface area (Å²) in [7, 11) is 0. The molecule has 0 saturated carbocycles. The second kappa shape index (κ2) is 7.41. The van der Waals surface area contributed by atoms with E-state index < -0.39 is 6.10 Å². The van der Waals surface area contributed by atoms with Crippen molar-refractivity contribution < 1.29 is 14.6 Å². The Balaban J connectivity index is 1.78. The number of likely N-dealkylation sites (tertiary alicyclic amines) is 1. The summed E-state index contributed by atoms with van der Waals surface area (Å²) < 4.78 is 5.06. The highest BCUT2D eigenvalue weighted by molar-refractivity contribution is 5.72. The first-order valence-corrected chi connectivity index (χ1v) is 7.32. The molecular formula is C16H23NO3. The summed E-state index contributed by atoms with van der Waals surface area (Å²) in [6.07, 6.45) is 1.18. The molecule has 1 heterocycles. The van der Waals surface area contributed by atoms with Gasteiger partial charge in [-0.3, -0.25) is 4.79 Å². The maximum Gasteiger partial charge on any atom is 0.309 e. The average Bonchev–Trinajstić information content (AvgIpc) is 2.49. The summed E-state index contributed by atoms with van der Waals surface area (Å²) >= 11 is 0. The number of rotatable bonds is 5. The lowest BCUT2D eigenvalue weighted by Crippen LogP contribution is -2.39. The summed E-state index contributed by atoms with van der Waals surface area (Å²) in [6.45, 7) is 4.59. The lowest BCUT2D eigenvalue weighted by molar-refractivity contribution is -0.149. The molecule has 0 aromatic heterocycles. The molecule has 1 unspecified atom stereocenters. The smallest absolute Gasteiger partial charge is 0.309 e. The van der Waals surface area contributed by atoms with Crippen LogP contribution in [0.2, 0.25) is 0 Å². The van der Waals surface area contributed by atoms with Gasteiger partial charge in [-0.2, -0.15) is 0 Å². The van der Waals surface area contributed by atoms with E-state index in [2.05, 4.69) is 4.90 Å². The number of ether oxygens (including phenoxy) is 1. The number of nitrogens with zero attached hydrogens (tertiary/aromatic N) is 1. The van der Waals surface area contributed by atoms with E-state index in [1.807, 2.05) is 37.3 Å². The Bertz CT molecular complexity index is 413. The number of aliphatic hydroxyl groups is 1. The third-order valence-electron chi connectivity index (χ3n) is 3.82. The number of carbonyl (C=O) groups excluding carboxylic acids is 1. The molecule has 4 heteroatoms. The number of β-amino-alcohol motifs (C(OH)–C–C–N with tert-alkyl or cyclic N) is 1. The quantitative estimate of drug-likeness (QED) is 0.836. The molecular weight excluding hydrogens is 254 g/mol. The maximum absolute atomic E-state index is 11.7. The van der Waals surface area contributed by atoms with Gasteiger partial charge in [0.1, 0.15) is 0 Å². The van der Waals surface area contributed by atoms with Gasteiger partial charge in [-0.25, -0.2) is 0 Å². The fourth-order valence-electron chi connectivity index (χ4n) is 2.64. The van der Waals surface area contributed by atoms with Crippen LogP contribution in [-0.2, 0) is 9.53 Å². The van der Waals surface area contributed by atoms with Crippen LogP contribution in [0, 0.1) is 5.92 Å². The van der Waals surface area contributed by atoms with Crippen LogP contribution in [0.5, 0.6) is 0 Å². The summed E-state index contributed by atoms with van der Waals surface area (Å²) in [5.41, 5.74) is 0.944. The van der Waals surface area contributed by atoms with Gasteiger partial charge in [0.05, 0.1) is 18.6 Å². The van der Waals surface area contributed by atoms with Crippen molar-refractivity contribution in [2.75, 3.05) is 26.2 Å².